The summed E-state index contributed by atoms with van der Waals surface area (Å²) < 4.78 is 5.45. The summed E-state index contributed by atoms with van der Waals surface area (Å²) >= 11 is 1.62. The maximum Gasteiger partial charge on any atom is 0.305 e. The second kappa shape index (κ2) is 7.32. The van der Waals surface area contributed by atoms with Crippen molar-refractivity contribution >= 4 is 39.4 Å². The summed E-state index contributed by atoms with van der Waals surface area (Å²) in [4.78, 5) is 19.0. The van der Waals surface area contributed by atoms with Crippen molar-refractivity contribution in [3.63, 3.8) is 0 Å². The zero-order valence-electron chi connectivity index (χ0n) is 14.7. The number of rotatable bonds is 5. The van der Waals surface area contributed by atoms with Crippen molar-refractivity contribution in [2.75, 3.05) is 24.3 Å². The molecular formula is C19H23N3O3S. The van der Waals surface area contributed by atoms with Crippen molar-refractivity contribution in [1.82, 2.24) is 4.98 Å². The maximum atomic E-state index is 10.9. The third-order valence-corrected chi connectivity index (χ3v) is 5.96. The summed E-state index contributed by atoms with van der Waals surface area (Å²) in [5.41, 5.74) is 4.38. The average molecular weight is 373 g/mol. The molecule has 1 atom stereocenters. The summed E-state index contributed by atoms with van der Waals surface area (Å²) in [6.07, 6.45) is 2.12. The number of aliphatic imine (C=N–C) groups is 1. The Morgan fingerprint density at radius 3 is 2.96 bits per heavy atom. The van der Waals surface area contributed by atoms with Gasteiger partial charge in [0.15, 0.2) is 0 Å². The smallest absolute Gasteiger partial charge is 0.305 e. The van der Waals surface area contributed by atoms with E-state index >= 15 is 0 Å². The van der Waals surface area contributed by atoms with Gasteiger partial charge in [-0.3, -0.25) is 9.79 Å². The van der Waals surface area contributed by atoms with Crippen LogP contribution < -0.4 is 5.32 Å². The van der Waals surface area contributed by atoms with E-state index in [9.17, 15) is 4.79 Å². The van der Waals surface area contributed by atoms with Gasteiger partial charge in [0.05, 0.1) is 29.4 Å². The minimum Gasteiger partial charge on any atom is -0.481 e. The highest BCUT2D eigenvalue weighted by Gasteiger charge is 2.23. The number of carboxylic acid groups (broad SMARTS) is 1. The Hall–Kier alpha value is -1.99. The molecule has 2 aromatic rings. The van der Waals surface area contributed by atoms with Gasteiger partial charge in [0.25, 0.3) is 0 Å². The number of carboxylic acids is 1. The van der Waals surface area contributed by atoms with Crippen LogP contribution in [0.15, 0.2) is 23.2 Å². The molecule has 1 saturated heterocycles. The van der Waals surface area contributed by atoms with Gasteiger partial charge in [-0.25, -0.2) is 0 Å². The molecule has 2 aliphatic rings. The number of benzene rings is 1. The van der Waals surface area contributed by atoms with Gasteiger partial charge in [-0.2, -0.15) is 0 Å². The molecule has 0 spiro atoms. The molecule has 3 heterocycles. The Bertz CT molecular complexity index is 855. The lowest BCUT2D eigenvalue weighted by Crippen LogP contribution is -2.27. The van der Waals surface area contributed by atoms with Crippen molar-refractivity contribution in [3.05, 3.63) is 29.5 Å². The third kappa shape index (κ3) is 3.73. The fraction of sp³-hybridized carbons (Fsp3) is 0.474. The quantitative estimate of drug-likeness (QED) is 0.748. The topological polar surface area (TPSA) is 86.7 Å². The molecule has 26 heavy (non-hydrogen) atoms. The molecular weight excluding hydrogens is 350 g/mol. The van der Waals surface area contributed by atoms with E-state index in [4.69, 9.17) is 9.84 Å². The van der Waals surface area contributed by atoms with Gasteiger partial charge in [-0.15, -0.1) is 11.8 Å². The summed E-state index contributed by atoms with van der Waals surface area (Å²) in [6, 6.07) is 6.75. The molecule has 6 nitrogen and oxygen atoms in total. The molecule has 1 aromatic heterocycles. The minimum absolute atomic E-state index is 0.0897. The number of nitrogens with zero attached hydrogens (tertiary/aromatic N) is 1. The largest absolute Gasteiger partial charge is 0.481 e. The molecule has 7 heteroatoms. The van der Waals surface area contributed by atoms with Gasteiger partial charge in [-0.05, 0) is 43.5 Å². The Morgan fingerprint density at radius 2 is 2.19 bits per heavy atom. The van der Waals surface area contributed by atoms with Crippen molar-refractivity contribution in [2.24, 2.45) is 4.99 Å². The number of nitrogens with one attached hydrogen (secondary N) is 2. The Morgan fingerprint density at radius 1 is 1.38 bits per heavy atom. The number of aryl methyl sites for hydroxylation is 1. The van der Waals surface area contributed by atoms with Crippen LogP contribution in [0.5, 0.6) is 0 Å². The van der Waals surface area contributed by atoms with Gasteiger partial charge in [-0.1, -0.05) is 0 Å². The zero-order valence-corrected chi connectivity index (χ0v) is 15.6. The summed E-state index contributed by atoms with van der Waals surface area (Å²) in [5.74, 6) is -0.0701. The molecule has 0 saturated carbocycles. The van der Waals surface area contributed by atoms with Gasteiger partial charge < -0.3 is 20.1 Å². The van der Waals surface area contributed by atoms with E-state index in [2.05, 4.69) is 40.4 Å². The van der Waals surface area contributed by atoms with Crippen LogP contribution in [0.3, 0.4) is 0 Å². The molecule has 0 radical (unpaired) electrons. The van der Waals surface area contributed by atoms with Crippen molar-refractivity contribution < 1.29 is 14.6 Å². The number of fused-ring (bicyclic) bond motifs is 1. The molecule has 0 bridgehead atoms. The highest BCUT2D eigenvalue weighted by Crippen LogP contribution is 2.31. The van der Waals surface area contributed by atoms with Crippen LogP contribution in [0.2, 0.25) is 0 Å². The molecule has 0 amide bonds. The second-order valence-electron chi connectivity index (χ2n) is 6.99. The normalized spacial score (nSPS) is 21.1. The van der Waals surface area contributed by atoms with Crippen LogP contribution in [-0.4, -0.2) is 52.2 Å². The van der Waals surface area contributed by atoms with Crippen molar-refractivity contribution in [2.45, 2.75) is 38.3 Å². The van der Waals surface area contributed by atoms with E-state index in [0.717, 1.165) is 59.1 Å². The fourth-order valence-electron chi connectivity index (χ4n) is 3.55. The van der Waals surface area contributed by atoms with E-state index in [1.54, 1.807) is 11.8 Å². The van der Waals surface area contributed by atoms with Crippen LogP contribution in [0.1, 0.15) is 30.5 Å². The molecule has 4 rings (SSSR count). The van der Waals surface area contributed by atoms with E-state index in [1.807, 2.05) is 0 Å². The van der Waals surface area contributed by atoms with Gasteiger partial charge in [0, 0.05) is 30.4 Å². The van der Waals surface area contributed by atoms with Gasteiger partial charge >= 0.3 is 5.97 Å². The number of thioether (sulfide) groups is 1. The molecule has 1 aromatic carbocycles. The van der Waals surface area contributed by atoms with Crippen LogP contribution >= 0.6 is 11.8 Å². The molecule has 1 fully saturated rings. The monoisotopic (exact) mass is 373 g/mol. The number of aromatic amines is 1. The fourth-order valence-corrected chi connectivity index (χ4v) is 4.59. The zero-order chi connectivity index (χ0) is 18.1. The number of anilines is 1. The van der Waals surface area contributed by atoms with Crippen LogP contribution in [-0.2, 0) is 9.53 Å². The van der Waals surface area contributed by atoms with Crippen LogP contribution in [0.25, 0.3) is 10.9 Å². The summed E-state index contributed by atoms with van der Waals surface area (Å²) in [6.45, 7) is 3.72. The Labute approximate surface area is 156 Å². The van der Waals surface area contributed by atoms with Crippen molar-refractivity contribution in [3.8, 4) is 0 Å². The highest BCUT2D eigenvalue weighted by atomic mass is 32.2. The number of carbonyl (C=O) groups is 1. The van der Waals surface area contributed by atoms with E-state index in [1.165, 1.54) is 5.56 Å². The number of aliphatic carboxylic acids is 1. The number of hydrogen-bond acceptors (Lipinski definition) is 5. The third-order valence-electron chi connectivity index (χ3n) is 4.81. The first-order chi connectivity index (χ1) is 12.6. The van der Waals surface area contributed by atoms with E-state index < -0.39 is 5.97 Å². The number of ether oxygens (including phenoxy) is 1. The molecule has 2 aliphatic heterocycles. The van der Waals surface area contributed by atoms with Gasteiger partial charge in [0.1, 0.15) is 5.04 Å². The van der Waals surface area contributed by atoms with E-state index in [-0.39, 0.29) is 12.5 Å². The first-order valence-corrected chi connectivity index (χ1v) is 9.97. The predicted octanol–water partition coefficient (Wildman–Crippen LogP) is 3.40. The second-order valence-corrected chi connectivity index (χ2v) is 8.00. The lowest BCUT2D eigenvalue weighted by molar-refractivity contribution is -0.137. The first kappa shape index (κ1) is 17.4. The molecule has 3 N–H and O–H groups in total. The first-order valence-electron chi connectivity index (χ1n) is 8.99. The highest BCUT2D eigenvalue weighted by molar-refractivity contribution is 8.14. The van der Waals surface area contributed by atoms with E-state index in [0.29, 0.717) is 6.04 Å². The Balaban J connectivity index is 1.62. The average Bonchev–Trinajstić information content (AvgIpc) is 3.22. The maximum absolute atomic E-state index is 10.9. The number of H-pyrrole nitrogens is 1. The van der Waals surface area contributed by atoms with Crippen molar-refractivity contribution in [1.29, 1.82) is 0 Å². The molecule has 1 unspecified atom stereocenters. The lowest BCUT2D eigenvalue weighted by atomic mass is 10.1. The molecule has 138 valence electrons. The summed E-state index contributed by atoms with van der Waals surface area (Å²) in [7, 11) is 0. The van der Waals surface area contributed by atoms with Crippen LogP contribution in [0, 0.1) is 6.92 Å². The van der Waals surface area contributed by atoms with Gasteiger partial charge in [0.2, 0.25) is 0 Å². The standard InChI is InChI=1S/C19H23N3O3S/c1-11-6-12-8-16(19-21-14(10-26-19)9-17(23)24)22-18(12)15(7-11)20-13-2-4-25-5-3-13/h6-8,13-14,20,22H,2-5,9-10H2,1H3,(H,23,24). The number of aromatic nitrogens is 1. The SMILES string of the molecule is Cc1cc(NC2CCOCC2)c2[nH]c(C3=NC(CC(=O)O)CS3)cc2c1. The summed E-state index contributed by atoms with van der Waals surface area (Å²) in [5, 5.41) is 14.7. The molecule has 0 aliphatic carbocycles. The minimum atomic E-state index is -0.796. The van der Waals surface area contributed by atoms with Crippen LogP contribution in [0.4, 0.5) is 5.69 Å². The number of hydrogen-bond donors (Lipinski definition) is 3. The lowest BCUT2D eigenvalue weighted by Gasteiger charge is -2.24. The predicted molar refractivity (Wildman–Crippen MR) is 106 cm³/mol. The Kier molecular flexibility index (Phi) is 4.91.